The number of non-ortho nitro benzene ring substituents is 1. The molecule has 1 aromatic carbocycles. The van der Waals surface area contributed by atoms with Crippen LogP contribution in [-0.2, 0) is 4.74 Å². The largest absolute Gasteiger partial charge is 0.377 e. The van der Waals surface area contributed by atoms with Gasteiger partial charge in [0.15, 0.2) is 0 Å². The first-order chi connectivity index (χ1) is 8.95. The average Bonchev–Trinajstić information content (AvgIpc) is 2.36. The van der Waals surface area contributed by atoms with E-state index >= 15 is 0 Å². The van der Waals surface area contributed by atoms with Crippen LogP contribution in [0.3, 0.4) is 0 Å². The number of amides is 1. The average molecular weight is 270 g/mol. The summed E-state index contributed by atoms with van der Waals surface area (Å²) in [6.45, 7) is 4.28. The summed E-state index contributed by atoms with van der Waals surface area (Å²) in [7, 11) is 0. The molecule has 0 aliphatic rings. The van der Waals surface area contributed by atoms with Gasteiger partial charge in [0.25, 0.3) is 11.6 Å². The Labute approximate surface area is 109 Å². The van der Waals surface area contributed by atoms with Crippen LogP contribution in [0.5, 0.6) is 0 Å². The van der Waals surface area contributed by atoms with Gasteiger partial charge in [0.2, 0.25) is 0 Å². The van der Waals surface area contributed by atoms with Crippen molar-refractivity contribution in [2.45, 2.75) is 20.0 Å². The predicted molar refractivity (Wildman–Crippen MR) is 66.5 cm³/mol. The molecule has 1 unspecified atom stereocenters. The monoisotopic (exact) mass is 270 g/mol. The topological polar surface area (TPSA) is 81.5 Å². The van der Waals surface area contributed by atoms with Crippen molar-refractivity contribution in [1.29, 1.82) is 0 Å². The zero-order chi connectivity index (χ0) is 14.4. The lowest BCUT2D eigenvalue weighted by Gasteiger charge is -2.12. The van der Waals surface area contributed by atoms with E-state index in [2.05, 4.69) is 5.32 Å². The van der Waals surface area contributed by atoms with Crippen molar-refractivity contribution in [3.8, 4) is 0 Å². The van der Waals surface area contributed by atoms with Crippen molar-refractivity contribution >= 4 is 11.6 Å². The maximum absolute atomic E-state index is 13.4. The third kappa shape index (κ3) is 4.29. The Kier molecular flexibility index (Phi) is 5.37. The summed E-state index contributed by atoms with van der Waals surface area (Å²) >= 11 is 0. The number of hydrogen-bond donors (Lipinski definition) is 1. The van der Waals surface area contributed by atoms with Gasteiger partial charge < -0.3 is 10.1 Å². The molecule has 0 aromatic heterocycles. The molecule has 0 fully saturated rings. The van der Waals surface area contributed by atoms with Gasteiger partial charge >= 0.3 is 0 Å². The van der Waals surface area contributed by atoms with E-state index in [0.717, 1.165) is 18.2 Å². The van der Waals surface area contributed by atoms with E-state index in [0.29, 0.717) is 6.61 Å². The van der Waals surface area contributed by atoms with Crippen molar-refractivity contribution in [2.75, 3.05) is 13.2 Å². The molecular formula is C12H15FN2O4. The fraction of sp³-hybridized carbons (Fsp3) is 0.417. The molecule has 7 heteroatoms. The number of ether oxygens (including phenoxy) is 1. The van der Waals surface area contributed by atoms with Crippen molar-refractivity contribution in [2.24, 2.45) is 0 Å². The van der Waals surface area contributed by atoms with Gasteiger partial charge in [-0.05, 0) is 19.9 Å². The van der Waals surface area contributed by atoms with Crippen molar-refractivity contribution in [3.05, 3.63) is 39.7 Å². The van der Waals surface area contributed by atoms with Gasteiger partial charge in [0, 0.05) is 25.3 Å². The maximum Gasteiger partial charge on any atom is 0.270 e. The molecule has 19 heavy (non-hydrogen) atoms. The third-order valence-electron chi connectivity index (χ3n) is 2.41. The third-order valence-corrected chi connectivity index (χ3v) is 2.41. The van der Waals surface area contributed by atoms with Gasteiger partial charge in [-0.25, -0.2) is 4.39 Å². The zero-order valence-electron chi connectivity index (χ0n) is 10.7. The first kappa shape index (κ1) is 15.0. The Balaban J connectivity index is 2.76. The van der Waals surface area contributed by atoms with Crippen LogP contribution in [0.1, 0.15) is 24.2 Å². The van der Waals surface area contributed by atoms with Gasteiger partial charge in [0.1, 0.15) is 5.82 Å². The molecule has 0 radical (unpaired) electrons. The van der Waals surface area contributed by atoms with Crippen molar-refractivity contribution in [3.63, 3.8) is 0 Å². The molecule has 1 aromatic rings. The second-order valence-electron chi connectivity index (χ2n) is 3.90. The minimum absolute atomic E-state index is 0.203. The predicted octanol–water partition coefficient (Wildman–Crippen LogP) is 1.89. The van der Waals surface area contributed by atoms with Crippen LogP contribution in [-0.4, -0.2) is 30.1 Å². The van der Waals surface area contributed by atoms with Crippen LogP contribution in [0.4, 0.5) is 10.1 Å². The summed E-state index contributed by atoms with van der Waals surface area (Å²) in [5.41, 5.74) is -0.678. The number of halogens is 1. The van der Waals surface area contributed by atoms with E-state index in [-0.39, 0.29) is 23.9 Å². The molecule has 0 aliphatic carbocycles. The van der Waals surface area contributed by atoms with E-state index in [1.807, 2.05) is 6.92 Å². The lowest BCUT2D eigenvalue weighted by atomic mass is 10.1. The SMILES string of the molecule is CCOC(C)CNC(=O)c1cc([N+](=O)[O-])ccc1F. The normalized spacial score (nSPS) is 11.9. The summed E-state index contributed by atoms with van der Waals surface area (Å²) < 4.78 is 18.6. The summed E-state index contributed by atoms with van der Waals surface area (Å²) in [4.78, 5) is 21.6. The number of carbonyl (C=O) groups excluding carboxylic acids is 1. The number of rotatable bonds is 6. The van der Waals surface area contributed by atoms with Crippen LogP contribution in [0.15, 0.2) is 18.2 Å². The van der Waals surface area contributed by atoms with E-state index in [1.165, 1.54) is 0 Å². The number of carbonyl (C=O) groups is 1. The molecule has 104 valence electrons. The van der Waals surface area contributed by atoms with Crippen LogP contribution in [0, 0.1) is 15.9 Å². The highest BCUT2D eigenvalue weighted by Gasteiger charge is 2.17. The van der Waals surface area contributed by atoms with Gasteiger partial charge in [-0.3, -0.25) is 14.9 Å². The van der Waals surface area contributed by atoms with Gasteiger partial charge in [-0.1, -0.05) is 0 Å². The maximum atomic E-state index is 13.4. The minimum Gasteiger partial charge on any atom is -0.377 e. The Hall–Kier alpha value is -2.02. The number of hydrogen-bond acceptors (Lipinski definition) is 4. The Morgan fingerprint density at radius 3 is 2.84 bits per heavy atom. The lowest BCUT2D eigenvalue weighted by Crippen LogP contribution is -2.32. The molecule has 1 amide bonds. The second-order valence-corrected chi connectivity index (χ2v) is 3.90. The minimum atomic E-state index is -0.799. The van der Waals surface area contributed by atoms with Gasteiger partial charge in [-0.15, -0.1) is 0 Å². The first-order valence-corrected chi connectivity index (χ1v) is 5.79. The molecular weight excluding hydrogens is 255 g/mol. The molecule has 0 spiro atoms. The molecule has 0 bridgehead atoms. The molecule has 1 atom stereocenters. The van der Waals surface area contributed by atoms with Crippen LogP contribution >= 0.6 is 0 Å². The fourth-order valence-electron chi connectivity index (χ4n) is 1.48. The summed E-state index contributed by atoms with van der Waals surface area (Å²) in [5.74, 6) is -1.50. The Morgan fingerprint density at radius 1 is 1.58 bits per heavy atom. The fourth-order valence-corrected chi connectivity index (χ4v) is 1.48. The standard InChI is InChI=1S/C12H15FN2O4/c1-3-19-8(2)7-14-12(16)10-6-9(15(17)18)4-5-11(10)13/h4-6,8H,3,7H2,1-2H3,(H,14,16). The van der Waals surface area contributed by atoms with E-state index in [1.54, 1.807) is 6.92 Å². The molecule has 0 heterocycles. The number of nitro groups is 1. The molecule has 0 saturated carbocycles. The molecule has 0 aliphatic heterocycles. The molecule has 1 rings (SSSR count). The summed E-state index contributed by atoms with van der Waals surface area (Å²) in [5, 5.41) is 13.0. The Morgan fingerprint density at radius 2 is 2.26 bits per heavy atom. The molecule has 6 nitrogen and oxygen atoms in total. The van der Waals surface area contributed by atoms with Gasteiger partial charge in [-0.2, -0.15) is 0 Å². The van der Waals surface area contributed by atoms with Crippen LogP contribution in [0.2, 0.25) is 0 Å². The second kappa shape index (κ2) is 6.79. The quantitative estimate of drug-likeness (QED) is 0.632. The van der Waals surface area contributed by atoms with Crippen molar-refractivity contribution < 1.29 is 18.8 Å². The summed E-state index contributed by atoms with van der Waals surface area (Å²) in [6, 6.07) is 2.82. The number of nitrogens with one attached hydrogen (secondary N) is 1. The van der Waals surface area contributed by atoms with Crippen LogP contribution in [0.25, 0.3) is 0 Å². The highest BCUT2D eigenvalue weighted by Crippen LogP contribution is 2.16. The van der Waals surface area contributed by atoms with Gasteiger partial charge in [0.05, 0.1) is 16.6 Å². The first-order valence-electron chi connectivity index (χ1n) is 5.79. The number of nitrogens with zero attached hydrogens (tertiary/aromatic N) is 1. The van der Waals surface area contributed by atoms with E-state index < -0.39 is 16.6 Å². The number of nitro benzene ring substituents is 1. The molecule has 0 saturated heterocycles. The van der Waals surface area contributed by atoms with E-state index in [4.69, 9.17) is 4.74 Å². The highest BCUT2D eigenvalue weighted by molar-refractivity contribution is 5.95. The lowest BCUT2D eigenvalue weighted by molar-refractivity contribution is -0.384. The smallest absolute Gasteiger partial charge is 0.270 e. The van der Waals surface area contributed by atoms with Crippen LogP contribution < -0.4 is 5.32 Å². The summed E-state index contributed by atoms with van der Waals surface area (Å²) in [6.07, 6.45) is -0.212. The molecule has 1 N–H and O–H groups in total. The number of benzene rings is 1. The van der Waals surface area contributed by atoms with Crippen molar-refractivity contribution in [1.82, 2.24) is 5.32 Å². The highest BCUT2D eigenvalue weighted by atomic mass is 19.1. The van der Waals surface area contributed by atoms with E-state index in [9.17, 15) is 19.3 Å². The Bertz CT molecular complexity index is 479. The zero-order valence-corrected chi connectivity index (χ0v) is 10.7.